The highest BCUT2D eigenvalue weighted by Crippen LogP contribution is 2.15. The number of hydrogen-bond donors (Lipinski definition) is 1. The van der Waals surface area contributed by atoms with Gasteiger partial charge in [0.1, 0.15) is 11.9 Å². The summed E-state index contributed by atoms with van der Waals surface area (Å²) >= 11 is 0. The lowest BCUT2D eigenvalue weighted by atomic mass is 10.1. The monoisotopic (exact) mass is 342 g/mol. The molecule has 2 aromatic rings. The van der Waals surface area contributed by atoms with E-state index in [1.807, 2.05) is 24.3 Å². The average Bonchev–Trinajstić information content (AvgIpc) is 3.12. The van der Waals surface area contributed by atoms with Crippen LogP contribution in [-0.4, -0.2) is 53.7 Å². The van der Waals surface area contributed by atoms with E-state index in [1.54, 1.807) is 30.6 Å². The molecule has 3 rings (SSSR count). The first kappa shape index (κ1) is 17.0. The summed E-state index contributed by atoms with van der Waals surface area (Å²) in [5, 5.41) is 2.96. The molecule has 2 heterocycles. The van der Waals surface area contributed by atoms with Crippen molar-refractivity contribution in [2.45, 2.75) is 18.9 Å². The Bertz CT molecular complexity index is 678. The molecule has 0 radical (unpaired) electrons. The SMILES string of the molecule is COc1ccc(CCNC(=O)N2CC[C@@H](Oc3cnccn3)C2)cc1. The summed E-state index contributed by atoms with van der Waals surface area (Å²) < 4.78 is 10.9. The van der Waals surface area contributed by atoms with Crippen molar-refractivity contribution in [1.29, 1.82) is 0 Å². The van der Waals surface area contributed by atoms with E-state index in [0.717, 1.165) is 24.2 Å². The maximum absolute atomic E-state index is 12.2. The number of carbonyl (C=O) groups is 1. The van der Waals surface area contributed by atoms with E-state index in [-0.39, 0.29) is 12.1 Å². The summed E-state index contributed by atoms with van der Waals surface area (Å²) in [4.78, 5) is 22.1. The zero-order valence-corrected chi connectivity index (χ0v) is 14.2. The molecule has 1 fully saturated rings. The quantitative estimate of drug-likeness (QED) is 0.867. The van der Waals surface area contributed by atoms with Crippen LogP contribution in [0.2, 0.25) is 0 Å². The van der Waals surface area contributed by atoms with Crippen LogP contribution in [0.15, 0.2) is 42.9 Å². The Morgan fingerprint density at radius 2 is 2.16 bits per heavy atom. The maximum atomic E-state index is 12.2. The number of methoxy groups -OCH3 is 1. The van der Waals surface area contributed by atoms with Gasteiger partial charge in [0.05, 0.1) is 19.9 Å². The van der Waals surface area contributed by atoms with E-state index in [1.165, 1.54) is 0 Å². The van der Waals surface area contributed by atoms with Crippen LogP contribution in [0.4, 0.5) is 4.79 Å². The number of benzene rings is 1. The number of ether oxygens (including phenoxy) is 2. The minimum absolute atomic E-state index is 0.0379. The smallest absolute Gasteiger partial charge is 0.317 e. The molecule has 1 aliphatic rings. The average molecular weight is 342 g/mol. The summed E-state index contributed by atoms with van der Waals surface area (Å²) in [5.41, 5.74) is 1.16. The van der Waals surface area contributed by atoms with Crippen molar-refractivity contribution in [3.05, 3.63) is 48.4 Å². The van der Waals surface area contributed by atoms with Gasteiger partial charge in [-0.25, -0.2) is 9.78 Å². The summed E-state index contributed by atoms with van der Waals surface area (Å²) in [5.74, 6) is 1.33. The predicted octanol–water partition coefficient (Wildman–Crippen LogP) is 1.89. The third-order valence-corrected chi connectivity index (χ3v) is 4.11. The lowest BCUT2D eigenvalue weighted by molar-refractivity contribution is 0.183. The molecule has 1 atom stereocenters. The number of aromatic nitrogens is 2. The van der Waals surface area contributed by atoms with Gasteiger partial charge in [0, 0.05) is 31.9 Å². The molecule has 1 aliphatic heterocycles. The van der Waals surface area contributed by atoms with E-state index < -0.39 is 0 Å². The van der Waals surface area contributed by atoms with Crippen LogP contribution < -0.4 is 14.8 Å². The highest BCUT2D eigenvalue weighted by Gasteiger charge is 2.27. The first-order valence-electron chi connectivity index (χ1n) is 8.33. The van der Waals surface area contributed by atoms with Crippen molar-refractivity contribution in [1.82, 2.24) is 20.2 Å². The second-order valence-electron chi connectivity index (χ2n) is 5.85. The van der Waals surface area contributed by atoms with E-state index in [9.17, 15) is 4.79 Å². The number of carbonyl (C=O) groups excluding carboxylic acids is 1. The fraction of sp³-hybridized carbons (Fsp3) is 0.389. The molecule has 7 heteroatoms. The second-order valence-corrected chi connectivity index (χ2v) is 5.85. The Morgan fingerprint density at radius 1 is 1.32 bits per heavy atom. The maximum Gasteiger partial charge on any atom is 0.317 e. The Kier molecular flexibility index (Phi) is 5.66. The number of amides is 2. The minimum Gasteiger partial charge on any atom is -0.497 e. The van der Waals surface area contributed by atoms with Crippen molar-refractivity contribution < 1.29 is 14.3 Å². The molecule has 0 saturated carbocycles. The molecule has 0 aliphatic carbocycles. The van der Waals surface area contributed by atoms with Crippen molar-refractivity contribution in [3.8, 4) is 11.6 Å². The summed E-state index contributed by atoms with van der Waals surface area (Å²) in [6, 6.07) is 7.80. The van der Waals surface area contributed by atoms with Gasteiger partial charge in [-0.1, -0.05) is 12.1 Å². The molecule has 1 aromatic heterocycles. The Balaban J connectivity index is 1.40. The number of rotatable bonds is 6. The minimum atomic E-state index is -0.0567. The third-order valence-electron chi connectivity index (χ3n) is 4.11. The molecule has 0 spiro atoms. The molecule has 132 valence electrons. The van der Waals surface area contributed by atoms with Crippen LogP contribution >= 0.6 is 0 Å². The zero-order valence-electron chi connectivity index (χ0n) is 14.2. The van der Waals surface area contributed by atoms with Crippen LogP contribution in [0.3, 0.4) is 0 Å². The summed E-state index contributed by atoms with van der Waals surface area (Å²) in [6.07, 6.45) is 6.31. The van der Waals surface area contributed by atoms with Crippen LogP contribution in [0, 0.1) is 0 Å². The number of nitrogens with zero attached hydrogens (tertiary/aromatic N) is 3. The lowest BCUT2D eigenvalue weighted by Gasteiger charge is -2.17. The number of hydrogen-bond acceptors (Lipinski definition) is 5. The molecule has 1 aromatic carbocycles. The molecule has 2 amide bonds. The lowest BCUT2D eigenvalue weighted by Crippen LogP contribution is -2.40. The first-order chi connectivity index (χ1) is 12.2. The van der Waals surface area contributed by atoms with Crippen molar-refractivity contribution in [2.24, 2.45) is 0 Å². The molecule has 25 heavy (non-hydrogen) atoms. The normalized spacial score (nSPS) is 16.5. The molecular formula is C18H22N4O3. The summed E-state index contributed by atoms with van der Waals surface area (Å²) in [6.45, 7) is 1.83. The van der Waals surface area contributed by atoms with E-state index in [2.05, 4.69) is 15.3 Å². The topological polar surface area (TPSA) is 76.6 Å². The molecular weight excluding hydrogens is 320 g/mol. The first-order valence-corrected chi connectivity index (χ1v) is 8.33. The zero-order chi connectivity index (χ0) is 17.5. The fourth-order valence-electron chi connectivity index (χ4n) is 2.74. The van der Waals surface area contributed by atoms with Crippen molar-refractivity contribution in [2.75, 3.05) is 26.7 Å². The molecule has 0 bridgehead atoms. The van der Waals surface area contributed by atoms with Gasteiger partial charge >= 0.3 is 6.03 Å². The molecule has 1 saturated heterocycles. The van der Waals surface area contributed by atoms with Crippen LogP contribution in [0.1, 0.15) is 12.0 Å². The van der Waals surface area contributed by atoms with Gasteiger partial charge in [0.2, 0.25) is 5.88 Å². The van der Waals surface area contributed by atoms with Crippen molar-refractivity contribution in [3.63, 3.8) is 0 Å². The largest absolute Gasteiger partial charge is 0.497 e. The van der Waals surface area contributed by atoms with Crippen LogP contribution in [0.5, 0.6) is 11.6 Å². The molecule has 0 unspecified atom stereocenters. The summed E-state index contributed by atoms with van der Waals surface area (Å²) in [7, 11) is 1.65. The Hall–Kier alpha value is -2.83. The van der Waals surface area contributed by atoms with Crippen LogP contribution in [-0.2, 0) is 6.42 Å². The van der Waals surface area contributed by atoms with Gasteiger partial charge in [-0.15, -0.1) is 0 Å². The second kappa shape index (κ2) is 8.32. The number of urea groups is 1. The van der Waals surface area contributed by atoms with Gasteiger partial charge in [0.15, 0.2) is 0 Å². The van der Waals surface area contributed by atoms with Crippen molar-refractivity contribution >= 4 is 6.03 Å². The number of nitrogens with one attached hydrogen (secondary N) is 1. The van der Waals surface area contributed by atoms with Gasteiger partial charge in [-0.3, -0.25) is 4.98 Å². The highest BCUT2D eigenvalue weighted by molar-refractivity contribution is 5.74. The highest BCUT2D eigenvalue weighted by atomic mass is 16.5. The standard InChI is InChI=1S/C18H22N4O3/c1-24-15-4-2-14(3-5-15)6-8-21-18(23)22-11-7-16(13-22)25-17-12-19-9-10-20-17/h2-5,9-10,12,16H,6-8,11,13H2,1H3,(H,21,23)/t16-/m1/s1. The fourth-order valence-corrected chi connectivity index (χ4v) is 2.74. The predicted molar refractivity (Wildman–Crippen MR) is 92.7 cm³/mol. The van der Waals surface area contributed by atoms with Crippen LogP contribution in [0.25, 0.3) is 0 Å². The van der Waals surface area contributed by atoms with E-state index >= 15 is 0 Å². The van der Waals surface area contributed by atoms with Gasteiger partial charge < -0.3 is 19.7 Å². The van der Waals surface area contributed by atoms with E-state index in [0.29, 0.717) is 25.5 Å². The van der Waals surface area contributed by atoms with Gasteiger partial charge in [-0.2, -0.15) is 0 Å². The molecule has 7 nitrogen and oxygen atoms in total. The Labute approximate surface area is 147 Å². The third kappa shape index (κ3) is 4.82. The molecule has 1 N–H and O–H groups in total. The van der Waals surface area contributed by atoms with Gasteiger partial charge in [0.25, 0.3) is 0 Å². The van der Waals surface area contributed by atoms with E-state index in [4.69, 9.17) is 9.47 Å². The number of likely N-dealkylation sites (tertiary alicyclic amines) is 1. The van der Waals surface area contributed by atoms with Gasteiger partial charge in [-0.05, 0) is 24.1 Å². The Morgan fingerprint density at radius 3 is 2.88 bits per heavy atom.